The van der Waals surface area contributed by atoms with E-state index in [0.717, 1.165) is 30.9 Å². The zero-order valence-electron chi connectivity index (χ0n) is 11.0. The van der Waals surface area contributed by atoms with Gasteiger partial charge in [-0.25, -0.2) is 0 Å². The van der Waals surface area contributed by atoms with Crippen LogP contribution in [0.15, 0.2) is 24.3 Å². The minimum atomic E-state index is 0.606. The maximum Gasteiger partial charge on any atom is 0.119 e. The zero-order chi connectivity index (χ0) is 12.5. The molecule has 0 saturated carbocycles. The van der Waals surface area contributed by atoms with Gasteiger partial charge in [0.25, 0.3) is 0 Å². The Balaban J connectivity index is 2.21. The van der Waals surface area contributed by atoms with Crippen LogP contribution in [0.3, 0.4) is 0 Å². The summed E-state index contributed by atoms with van der Waals surface area (Å²) in [7, 11) is 3.68. The summed E-state index contributed by atoms with van der Waals surface area (Å²) in [5.74, 6) is 1.77. The van der Waals surface area contributed by atoms with Gasteiger partial charge in [0.1, 0.15) is 11.5 Å². The van der Waals surface area contributed by atoms with Crippen molar-refractivity contribution in [1.82, 2.24) is 5.32 Å². The monoisotopic (exact) mass is 237 g/mol. The van der Waals surface area contributed by atoms with Gasteiger partial charge in [-0.05, 0) is 50.6 Å². The number of benzene rings is 1. The lowest BCUT2D eigenvalue weighted by molar-refractivity contribution is 0.296. The van der Waals surface area contributed by atoms with E-state index in [1.54, 1.807) is 7.11 Å². The summed E-state index contributed by atoms with van der Waals surface area (Å²) in [6.45, 7) is 2.97. The number of methoxy groups -OCH3 is 1. The van der Waals surface area contributed by atoms with Gasteiger partial charge in [0.15, 0.2) is 0 Å². The molecule has 0 aliphatic rings. The van der Waals surface area contributed by atoms with Crippen LogP contribution in [0.25, 0.3) is 0 Å². The lowest BCUT2D eigenvalue weighted by atomic mass is 10.1. The van der Waals surface area contributed by atoms with Crippen molar-refractivity contribution in [2.24, 2.45) is 0 Å². The van der Waals surface area contributed by atoms with E-state index in [0.29, 0.717) is 6.04 Å². The van der Waals surface area contributed by atoms with Gasteiger partial charge in [-0.15, -0.1) is 0 Å². The molecule has 0 heterocycles. The molecule has 1 atom stereocenters. The lowest BCUT2D eigenvalue weighted by Gasteiger charge is -2.13. The summed E-state index contributed by atoms with van der Waals surface area (Å²) in [5.41, 5.74) is 0. The Bertz CT molecular complexity index is 294. The van der Waals surface area contributed by atoms with Crippen molar-refractivity contribution in [3.63, 3.8) is 0 Å². The molecule has 0 aliphatic carbocycles. The van der Waals surface area contributed by atoms with Crippen LogP contribution in [0.2, 0.25) is 0 Å². The van der Waals surface area contributed by atoms with Crippen LogP contribution in [0, 0.1) is 0 Å². The predicted molar refractivity (Wildman–Crippen MR) is 70.9 cm³/mol. The SMILES string of the molecule is CCC(CCCOc1ccc(OC)cc1)NC. The molecule has 0 aromatic heterocycles. The van der Waals surface area contributed by atoms with E-state index < -0.39 is 0 Å². The largest absolute Gasteiger partial charge is 0.497 e. The molecule has 0 bridgehead atoms. The highest BCUT2D eigenvalue weighted by Crippen LogP contribution is 2.17. The molecule has 96 valence electrons. The van der Waals surface area contributed by atoms with E-state index >= 15 is 0 Å². The van der Waals surface area contributed by atoms with Gasteiger partial charge in [-0.3, -0.25) is 0 Å². The maximum absolute atomic E-state index is 5.66. The fourth-order valence-corrected chi connectivity index (χ4v) is 1.74. The molecule has 0 radical (unpaired) electrons. The molecular formula is C14H23NO2. The minimum absolute atomic E-state index is 0.606. The molecule has 0 amide bonds. The molecule has 3 nitrogen and oxygen atoms in total. The molecule has 0 spiro atoms. The molecule has 1 rings (SSSR count). The van der Waals surface area contributed by atoms with Crippen molar-refractivity contribution in [2.45, 2.75) is 32.2 Å². The Kier molecular flexibility index (Phi) is 6.48. The number of nitrogens with one attached hydrogen (secondary N) is 1. The van der Waals surface area contributed by atoms with Crippen molar-refractivity contribution < 1.29 is 9.47 Å². The fourth-order valence-electron chi connectivity index (χ4n) is 1.74. The second-order valence-electron chi connectivity index (χ2n) is 4.06. The highest BCUT2D eigenvalue weighted by molar-refractivity contribution is 5.31. The quantitative estimate of drug-likeness (QED) is 0.705. The highest BCUT2D eigenvalue weighted by Gasteiger charge is 2.02. The maximum atomic E-state index is 5.66. The van der Waals surface area contributed by atoms with Crippen LogP contribution in [-0.2, 0) is 0 Å². The summed E-state index contributed by atoms with van der Waals surface area (Å²) >= 11 is 0. The molecule has 0 fully saturated rings. The van der Waals surface area contributed by atoms with Gasteiger partial charge in [-0.1, -0.05) is 6.92 Å². The first-order valence-corrected chi connectivity index (χ1v) is 6.24. The van der Waals surface area contributed by atoms with E-state index in [-0.39, 0.29) is 0 Å². The number of ether oxygens (including phenoxy) is 2. The Morgan fingerprint density at radius 3 is 2.35 bits per heavy atom. The van der Waals surface area contributed by atoms with Crippen LogP contribution in [0.1, 0.15) is 26.2 Å². The molecule has 1 aromatic carbocycles. The van der Waals surface area contributed by atoms with E-state index in [9.17, 15) is 0 Å². The summed E-state index contributed by atoms with van der Waals surface area (Å²) in [6.07, 6.45) is 3.40. The van der Waals surface area contributed by atoms with E-state index in [1.165, 1.54) is 6.42 Å². The summed E-state index contributed by atoms with van der Waals surface area (Å²) in [6, 6.07) is 8.31. The van der Waals surface area contributed by atoms with Crippen LogP contribution >= 0.6 is 0 Å². The third kappa shape index (κ3) is 5.09. The molecule has 1 N–H and O–H groups in total. The van der Waals surface area contributed by atoms with Crippen molar-refractivity contribution in [1.29, 1.82) is 0 Å². The smallest absolute Gasteiger partial charge is 0.119 e. The van der Waals surface area contributed by atoms with E-state index in [1.807, 2.05) is 31.3 Å². The number of hydrogen-bond acceptors (Lipinski definition) is 3. The average molecular weight is 237 g/mol. The molecule has 0 saturated heterocycles. The molecule has 3 heteroatoms. The summed E-state index contributed by atoms with van der Waals surface area (Å²) in [5, 5.41) is 3.29. The summed E-state index contributed by atoms with van der Waals surface area (Å²) < 4.78 is 10.8. The topological polar surface area (TPSA) is 30.5 Å². The molecule has 0 aliphatic heterocycles. The van der Waals surface area contributed by atoms with Crippen molar-refractivity contribution in [2.75, 3.05) is 20.8 Å². The third-order valence-electron chi connectivity index (χ3n) is 2.93. The van der Waals surface area contributed by atoms with Gasteiger partial charge in [0, 0.05) is 6.04 Å². The molecule has 1 aromatic rings. The summed E-state index contributed by atoms with van der Waals surface area (Å²) in [4.78, 5) is 0. The first kappa shape index (κ1) is 13.8. The second kappa shape index (κ2) is 7.96. The fraction of sp³-hybridized carbons (Fsp3) is 0.571. The Morgan fingerprint density at radius 1 is 1.18 bits per heavy atom. The van der Waals surface area contributed by atoms with Crippen molar-refractivity contribution >= 4 is 0 Å². The molecule has 17 heavy (non-hydrogen) atoms. The van der Waals surface area contributed by atoms with Gasteiger partial charge in [0.05, 0.1) is 13.7 Å². The first-order chi connectivity index (χ1) is 8.30. The highest BCUT2D eigenvalue weighted by atomic mass is 16.5. The Hall–Kier alpha value is -1.22. The molecule has 1 unspecified atom stereocenters. The van der Waals surface area contributed by atoms with E-state index in [2.05, 4.69) is 12.2 Å². The Labute approximate surface area is 104 Å². The van der Waals surface area contributed by atoms with Gasteiger partial charge in [-0.2, -0.15) is 0 Å². The second-order valence-corrected chi connectivity index (χ2v) is 4.06. The number of rotatable bonds is 8. The lowest BCUT2D eigenvalue weighted by Crippen LogP contribution is -2.24. The zero-order valence-corrected chi connectivity index (χ0v) is 11.0. The normalized spacial score (nSPS) is 12.2. The van der Waals surface area contributed by atoms with Gasteiger partial charge >= 0.3 is 0 Å². The van der Waals surface area contributed by atoms with Crippen molar-refractivity contribution in [3.8, 4) is 11.5 Å². The van der Waals surface area contributed by atoms with Crippen LogP contribution in [0.5, 0.6) is 11.5 Å². The standard InChI is InChI=1S/C14H23NO2/c1-4-12(15-2)6-5-11-17-14-9-7-13(16-3)8-10-14/h7-10,12,15H,4-6,11H2,1-3H3. The van der Waals surface area contributed by atoms with Gasteiger partial charge in [0.2, 0.25) is 0 Å². The van der Waals surface area contributed by atoms with Crippen molar-refractivity contribution in [3.05, 3.63) is 24.3 Å². The third-order valence-corrected chi connectivity index (χ3v) is 2.93. The van der Waals surface area contributed by atoms with Crippen LogP contribution < -0.4 is 14.8 Å². The van der Waals surface area contributed by atoms with Gasteiger partial charge < -0.3 is 14.8 Å². The molecular weight excluding hydrogens is 214 g/mol. The minimum Gasteiger partial charge on any atom is -0.497 e. The van der Waals surface area contributed by atoms with Crippen LogP contribution in [-0.4, -0.2) is 26.8 Å². The Morgan fingerprint density at radius 2 is 1.82 bits per heavy atom. The van der Waals surface area contributed by atoms with E-state index in [4.69, 9.17) is 9.47 Å². The predicted octanol–water partition coefficient (Wildman–Crippen LogP) is 2.85. The van der Waals surface area contributed by atoms with Crippen LogP contribution in [0.4, 0.5) is 0 Å². The number of hydrogen-bond donors (Lipinski definition) is 1. The first-order valence-electron chi connectivity index (χ1n) is 6.24. The average Bonchev–Trinajstić information content (AvgIpc) is 2.40.